The zero-order valence-electron chi connectivity index (χ0n) is 14.7. The van der Waals surface area contributed by atoms with Crippen LogP contribution in [0.25, 0.3) is 5.52 Å². The summed E-state index contributed by atoms with van der Waals surface area (Å²) >= 11 is 0. The Morgan fingerprint density at radius 3 is 3.12 bits per heavy atom. The zero-order chi connectivity index (χ0) is 17.9. The second kappa shape index (κ2) is 7.25. The number of fused-ring (bicyclic) bond motifs is 1. The third kappa shape index (κ3) is 3.08. The van der Waals surface area contributed by atoms with Gasteiger partial charge in [-0.15, -0.1) is 0 Å². The van der Waals surface area contributed by atoms with Crippen LogP contribution in [0.3, 0.4) is 0 Å². The molecule has 1 fully saturated rings. The highest BCUT2D eigenvalue weighted by Gasteiger charge is 2.30. The van der Waals surface area contributed by atoms with Crippen LogP contribution in [-0.4, -0.2) is 43.7 Å². The number of aryl methyl sites for hydroxylation is 1. The Labute approximate surface area is 151 Å². The summed E-state index contributed by atoms with van der Waals surface area (Å²) < 4.78 is 9.45. The predicted octanol–water partition coefficient (Wildman–Crippen LogP) is 1.84. The van der Waals surface area contributed by atoms with E-state index in [-0.39, 0.29) is 17.9 Å². The van der Waals surface area contributed by atoms with Crippen LogP contribution in [0, 0.1) is 5.92 Å². The lowest BCUT2D eigenvalue weighted by Gasteiger charge is -2.32. The Morgan fingerprint density at radius 1 is 1.31 bits per heavy atom. The van der Waals surface area contributed by atoms with E-state index in [0.29, 0.717) is 17.6 Å². The highest BCUT2D eigenvalue weighted by atomic mass is 16.5. The fourth-order valence-electron chi connectivity index (χ4n) is 3.55. The van der Waals surface area contributed by atoms with E-state index in [1.54, 1.807) is 24.7 Å². The molecule has 136 valence electrons. The molecular weight excluding hydrogens is 332 g/mol. The number of carbonyl (C=O) groups is 1. The second-order valence-electron chi connectivity index (χ2n) is 6.43. The maximum atomic E-state index is 12.6. The molecule has 26 heavy (non-hydrogen) atoms. The summed E-state index contributed by atoms with van der Waals surface area (Å²) in [5, 5.41) is 15.6. The van der Waals surface area contributed by atoms with Gasteiger partial charge in [-0.25, -0.2) is 0 Å². The Bertz CT molecular complexity index is 902. The Balaban J connectivity index is 1.48. The Kier molecular flexibility index (Phi) is 4.66. The van der Waals surface area contributed by atoms with Gasteiger partial charge in [-0.05, 0) is 38.0 Å². The second-order valence-corrected chi connectivity index (χ2v) is 6.43. The SMILES string of the molecule is CCn1nccc1[C@@H]1OCCC[C@H]1CNC(=O)c1cnn2ncccc12. The number of amides is 1. The monoisotopic (exact) mass is 354 g/mol. The lowest BCUT2D eigenvalue weighted by atomic mass is 9.92. The van der Waals surface area contributed by atoms with E-state index >= 15 is 0 Å². The van der Waals surface area contributed by atoms with Crippen molar-refractivity contribution in [1.29, 1.82) is 0 Å². The van der Waals surface area contributed by atoms with E-state index < -0.39 is 0 Å². The number of hydrogen-bond donors (Lipinski definition) is 1. The maximum Gasteiger partial charge on any atom is 0.255 e. The quantitative estimate of drug-likeness (QED) is 0.756. The molecule has 0 aromatic carbocycles. The van der Waals surface area contributed by atoms with Crippen LogP contribution in [0.1, 0.15) is 41.9 Å². The van der Waals surface area contributed by atoms with E-state index in [0.717, 1.165) is 31.7 Å². The summed E-state index contributed by atoms with van der Waals surface area (Å²) in [5.41, 5.74) is 2.31. The third-order valence-corrected chi connectivity index (χ3v) is 4.86. The molecule has 8 nitrogen and oxygen atoms in total. The normalized spacial score (nSPS) is 20.3. The van der Waals surface area contributed by atoms with E-state index in [4.69, 9.17) is 4.74 Å². The molecular formula is C18H22N6O2. The topological polar surface area (TPSA) is 86.3 Å². The molecule has 3 aromatic heterocycles. The fourth-order valence-corrected chi connectivity index (χ4v) is 3.55. The van der Waals surface area contributed by atoms with E-state index in [9.17, 15) is 4.79 Å². The molecule has 2 atom stereocenters. The first kappa shape index (κ1) is 16.7. The van der Waals surface area contributed by atoms with Crippen molar-refractivity contribution >= 4 is 11.4 Å². The van der Waals surface area contributed by atoms with Crippen molar-refractivity contribution in [2.24, 2.45) is 5.92 Å². The molecule has 1 N–H and O–H groups in total. The predicted molar refractivity (Wildman–Crippen MR) is 94.6 cm³/mol. The van der Waals surface area contributed by atoms with Gasteiger partial charge in [0, 0.05) is 38.0 Å². The van der Waals surface area contributed by atoms with Crippen LogP contribution in [0.2, 0.25) is 0 Å². The minimum atomic E-state index is -0.138. The first-order valence-electron chi connectivity index (χ1n) is 8.98. The number of ether oxygens (including phenoxy) is 1. The van der Waals surface area contributed by atoms with Crippen LogP contribution in [0.5, 0.6) is 0 Å². The largest absolute Gasteiger partial charge is 0.372 e. The summed E-state index contributed by atoms with van der Waals surface area (Å²) in [4.78, 5) is 12.6. The number of carbonyl (C=O) groups excluding carboxylic acids is 1. The van der Waals surface area contributed by atoms with E-state index in [1.807, 2.05) is 16.8 Å². The molecule has 1 amide bonds. The number of hydrogen-bond acceptors (Lipinski definition) is 5. The standard InChI is InChI=1S/C18H22N6O2/c1-2-23-16(7-9-20-23)17-13(5-4-10-26-17)11-19-18(25)14-12-22-24-15(14)6-3-8-21-24/h3,6-9,12-13,17H,2,4-5,10-11H2,1H3,(H,19,25)/t13-,17+/m0/s1. The minimum absolute atomic E-state index is 0.0444. The first-order chi connectivity index (χ1) is 12.8. The van der Waals surface area contributed by atoms with Crippen molar-refractivity contribution in [2.75, 3.05) is 13.2 Å². The van der Waals surface area contributed by atoms with Gasteiger partial charge in [-0.3, -0.25) is 9.48 Å². The molecule has 0 saturated carbocycles. The van der Waals surface area contributed by atoms with Crippen LogP contribution < -0.4 is 5.32 Å². The summed E-state index contributed by atoms with van der Waals surface area (Å²) in [7, 11) is 0. The molecule has 1 aliphatic rings. The van der Waals surface area contributed by atoms with Crippen LogP contribution >= 0.6 is 0 Å². The first-order valence-corrected chi connectivity index (χ1v) is 8.98. The van der Waals surface area contributed by atoms with Gasteiger partial charge in [0.1, 0.15) is 11.6 Å². The summed E-state index contributed by atoms with van der Waals surface area (Å²) in [6, 6.07) is 5.64. The maximum absolute atomic E-state index is 12.6. The Morgan fingerprint density at radius 2 is 2.23 bits per heavy atom. The smallest absolute Gasteiger partial charge is 0.255 e. The van der Waals surface area contributed by atoms with Crippen LogP contribution in [-0.2, 0) is 11.3 Å². The van der Waals surface area contributed by atoms with Crippen LogP contribution in [0.15, 0.2) is 36.8 Å². The van der Waals surface area contributed by atoms with Crippen molar-refractivity contribution in [1.82, 2.24) is 29.9 Å². The van der Waals surface area contributed by atoms with Crippen molar-refractivity contribution in [3.8, 4) is 0 Å². The highest BCUT2D eigenvalue weighted by molar-refractivity contribution is 6.00. The lowest BCUT2D eigenvalue weighted by molar-refractivity contribution is -0.0321. The molecule has 0 unspecified atom stereocenters. The number of rotatable bonds is 5. The lowest BCUT2D eigenvalue weighted by Crippen LogP contribution is -2.35. The van der Waals surface area contributed by atoms with Crippen molar-refractivity contribution in [3.05, 3.63) is 48.0 Å². The third-order valence-electron chi connectivity index (χ3n) is 4.86. The Hall–Kier alpha value is -2.74. The molecule has 0 spiro atoms. The van der Waals surface area contributed by atoms with Gasteiger partial charge < -0.3 is 10.1 Å². The van der Waals surface area contributed by atoms with Gasteiger partial charge in [0.2, 0.25) is 0 Å². The van der Waals surface area contributed by atoms with E-state index in [2.05, 4.69) is 27.5 Å². The van der Waals surface area contributed by atoms with Gasteiger partial charge in [0.25, 0.3) is 5.91 Å². The number of aromatic nitrogens is 5. The van der Waals surface area contributed by atoms with Gasteiger partial charge in [-0.2, -0.15) is 19.9 Å². The minimum Gasteiger partial charge on any atom is -0.372 e. The molecule has 4 heterocycles. The summed E-state index contributed by atoms with van der Waals surface area (Å²) in [5.74, 6) is 0.0796. The molecule has 1 aliphatic heterocycles. The summed E-state index contributed by atoms with van der Waals surface area (Å²) in [6.07, 6.45) is 6.96. The summed E-state index contributed by atoms with van der Waals surface area (Å²) in [6.45, 7) is 4.16. The van der Waals surface area contributed by atoms with Crippen molar-refractivity contribution in [2.45, 2.75) is 32.4 Å². The molecule has 0 radical (unpaired) electrons. The highest BCUT2D eigenvalue weighted by Crippen LogP contribution is 2.33. The molecule has 0 bridgehead atoms. The average Bonchev–Trinajstić information content (AvgIpc) is 3.33. The molecule has 3 aromatic rings. The van der Waals surface area contributed by atoms with Gasteiger partial charge >= 0.3 is 0 Å². The van der Waals surface area contributed by atoms with Gasteiger partial charge in [-0.1, -0.05) is 0 Å². The van der Waals surface area contributed by atoms with Crippen molar-refractivity contribution in [3.63, 3.8) is 0 Å². The van der Waals surface area contributed by atoms with Crippen LogP contribution in [0.4, 0.5) is 0 Å². The van der Waals surface area contributed by atoms with Gasteiger partial charge in [0.05, 0.1) is 17.5 Å². The molecule has 1 saturated heterocycles. The van der Waals surface area contributed by atoms with E-state index in [1.165, 1.54) is 4.63 Å². The average molecular weight is 354 g/mol. The van der Waals surface area contributed by atoms with Crippen molar-refractivity contribution < 1.29 is 9.53 Å². The number of nitrogens with zero attached hydrogens (tertiary/aromatic N) is 5. The fraction of sp³-hybridized carbons (Fsp3) is 0.444. The molecule has 4 rings (SSSR count). The molecule has 8 heteroatoms. The zero-order valence-corrected chi connectivity index (χ0v) is 14.7. The van der Waals surface area contributed by atoms with Gasteiger partial charge in [0.15, 0.2) is 0 Å². The number of nitrogens with one attached hydrogen (secondary N) is 1. The molecule has 0 aliphatic carbocycles.